The number of aliphatic carboxylic acids is 1. The van der Waals surface area contributed by atoms with Gasteiger partial charge in [-0.1, -0.05) is 12.1 Å². The number of ether oxygens (including phenoxy) is 1. The maximum absolute atomic E-state index is 12.2. The van der Waals surface area contributed by atoms with Crippen LogP contribution < -0.4 is 10.1 Å². The van der Waals surface area contributed by atoms with Crippen molar-refractivity contribution in [3.05, 3.63) is 41.3 Å². The van der Waals surface area contributed by atoms with E-state index in [2.05, 4.69) is 10.5 Å². The molecule has 0 saturated heterocycles. The minimum Gasteiger partial charge on any atom is -0.482 e. The number of carbonyl (C=O) groups excluding carboxylic acids is 1. The summed E-state index contributed by atoms with van der Waals surface area (Å²) in [5.74, 6) is -0.0101. The first-order valence-corrected chi connectivity index (χ1v) is 7.54. The number of carboxylic acids is 1. The van der Waals surface area contributed by atoms with Gasteiger partial charge in [-0.25, -0.2) is 4.79 Å². The number of nitrogens with zero attached hydrogens (tertiary/aromatic N) is 1. The minimum atomic E-state index is -1.04. The fourth-order valence-electron chi connectivity index (χ4n) is 2.57. The van der Waals surface area contributed by atoms with E-state index in [1.165, 1.54) is 0 Å². The second-order valence-electron chi connectivity index (χ2n) is 5.60. The van der Waals surface area contributed by atoms with Crippen molar-refractivity contribution in [1.29, 1.82) is 0 Å². The van der Waals surface area contributed by atoms with Crippen molar-refractivity contribution in [1.82, 2.24) is 5.16 Å². The number of aromatic nitrogens is 1. The number of benzene rings is 1. The Morgan fingerprint density at radius 2 is 1.96 bits per heavy atom. The maximum Gasteiger partial charge on any atom is 0.341 e. The van der Waals surface area contributed by atoms with E-state index in [1.54, 1.807) is 24.3 Å². The first-order valence-electron chi connectivity index (χ1n) is 7.54. The molecule has 24 heavy (non-hydrogen) atoms. The molecule has 7 heteroatoms. The van der Waals surface area contributed by atoms with Crippen LogP contribution in [0.3, 0.4) is 0 Å². The normalized spacial score (nSPS) is 11.8. The molecule has 2 rings (SSSR count). The van der Waals surface area contributed by atoms with Gasteiger partial charge in [0, 0.05) is 17.7 Å². The lowest BCUT2D eigenvalue weighted by Crippen LogP contribution is -2.15. The molecule has 0 radical (unpaired) electrons. The first kappa shape index (κ1) is 17.5. The van der Waals surface area contributed by atoms with Crippen molar-refractivity contribution in [2.45, 2.75) is 33.1 Å². The summed E-state index contributed by atoms with van der Waals surface area (Å²) in [7, 11) is 0. The molecule has 0 aliphatic heterocycles. The van der Waals surface area contributed by atoms with Gasteiger partial charge in [-0.05, 0) is 44.0 Å². The highest BCUT2D eigenvalue weighted by atomic mass is 16.5. The molecular weight excluding hydrogens is 312 g/mol. The van der Waals surface area contributed by atoms with Crippen LogP contribution in [0.2, 0.25) is 0 Å². The molecule has 0 saturated carbocycles. The third kappa shape index (κ3) is 4.58. The Hall–Kier alpha value is -2.83. The number of carbonyl (C=O) groups is 2. The Kier molecular flexibility index (Phi) is 5.57. The molecule has 0 aliphatic rings. The lowest BCUT2D eigenvalue weighted by atomic mass is 9.96. The Morgan fingerprint density at radius 1 is 1.29 bits per heavy atom. The van der Waals surface area contributed by atoms with Crippen LogP contribution in [0.15, 0.2) is 28.8 Å². The summed E-state index contributed by atoms with van der Waals surface area (Å²) in [6.45, 7) is 5.24. The standard InChI is InChI=1S/C17H20N2O5/c1-10(17-11(2)19-24-12(17)3)8-15(20)18-13-4-6-14(7-5-13)23-9-16(21)22/h4-7,10H,8-9H2,1-3H3,(H,18,20)(H,21,22). The van der Waals surface area contributed by atoms with Crippen molar-refractivity contribution in [2.24, 2.45) is 0 Å². The van der Waals surface area contributed by atoms with Gasteiger partial charge >= 0.3 is 5.97 Å². The number of hydrogen-bond acceptors (Lipinski definition) is 5. The third-order valence-corrected chi connectivity index (χ3v) is 3.57. The van der Waals surface area contributed by atoms with Gasteiger partial charge in [0.15, 0.2) is 6.61 Å². The summed E-state index contributed by atoms with van der Waals surface area (Å²) in [6.07, 6.45) is 0.306. The van der Waals surface area contributed by atoms with Crippen LogP contribution in [0.4, 0.5) is 5.69 Å². The molecule has 128 valence electrons. The van der Waals surface area contributed by atoms with E-state index in [0.29, 0.717) is 17.9 Å². The zero-order chi connectivity index (χ0) is 17.7. The molecule has 0 bridgehead atoms. The van der Waals surface area contributed by atoms with E-state index >= 15 is 0 Å². The van der Waals surface area contributed by atoms with Gasteiger partial charge in [-0.3, -0.25) is 4.79 Å². The molecule has 2 aromatic rings. The second kappa shape index (κ2) is 7.63. The molecular formula is C17H20N2O5. The van der Waals surface area contributed by atoms with Crippen LogP contribution in [0.25, 0.3) is 0 Å². The highest BCUT2D eigenvalue weighted by Crippen LogP contribution is 2.26. The number of nitrogens with one attached hydrogen (secondary N) is 1. The Labute approximate surface area is 139 Å². The van der Waals surface area contributed by atoms with E-state index in [0.717, 1.165) is 17.0 Å². The van der Waals surface area contributed by atoms with Gasteiger partial charge in [0.25, 0.3) is 0 Å². The fraction of sp³-hybridized carbons (Fsp3) is 0.353. The van der Waals surface area contributed by atoms with E-state index < -0.39 is 12.6 Å². The van der Waals surface area contributed by atoms with Crippen molar-refractivity contribution in [3.63, 3.8) is 0 Å². The Morgan fingerprint density at radius 3 is 2.50 bits per heavy atom. The molecule has 1 aromatic heterocycles. The lowest BCUT2D eigenvalue weighted by Gasteiger charge is -2.12. The third-order valence-electron chi connectivity index (χ3n) is 3.57. The van der Waals surface area contributed by atoms with Gasteiger partial charge in [0.2, 0.25) is 5.91 Å². The SMILES string of the molecule is Cc1noc(C)c1C(C)CC(=O)Nc1ccc(OCC(=O)O)cc1. The van der Waals surface area contributed by atoms with Crippen LogP contribution in [0.1, 0.15) is 36.3 Å². The van der Waals surface area contributed by atoms with Crippen molar-refractivity contribution in [2.75, 3.05) is 11.9 Å². The molecule has 1 amide bonds. The summed E-state index contributed by atoms with van der Waals surface area (Å²) >= 11 is 0. The van der Waals surface area contributed by atoms with E-state index in [9.17, 15) is 9.59 Å². The number of rotatable bonds is 7. The number of aryl methyl sites for hydroxylation is 2. The average molecular weight is 332 g/mol. The van der Waals surface area contributed by atoms with E-state index in [1.807, 2.05) is 20.8 Å². The first-order chi connectivity index (χ1) is 11.4. The minimum absolute atomic E-state index is 0.00516. The topological polar surface area (TPSA) is 102 Å². The van der Waals surface area contributed by atoms with E-state index in [-0.39, 0.29) is 11.8 Å². The molecule has 7 nitrogen and oxygen atoms in total. The number of anilines is 1. The molecule has 1 atom stereocenters. The quantitative estimate of drug-likeness (QED) is 0.808. The zero-order valence-electron chi connectivity index (χ0n) is 13.8. The summed E-state index contributed by atoms with van der Waals surface area (Å²) in [4.78, 5) is 22.6. The van der Waals surface area contributed by atoms with Crippen LogP contribution in [0.5, 0.6) is 5.75 Å². The van der Waals surface area contributed by atoms with Gasteiger partial charge in [-0.15, -0.1) is 0 Å². The molecule has 0 spiro atoms. The number of hydrogen-bond donors (Lipinski definition) is 2. The van der Waals surface area contributed by atoms with Crippen LogP contribution >= 0.6 is 0 Å². The Balaban J connectivity index is 1.91. The summed E-state index contributed by atoms with van der Waals surface area (Å²) in [6, 6.07) is 6.54. The summed E-state index contributed by atoms with van der Waals surface area (Å²) < 4.78 is 10.2. The average Bonchev–Trinajstić information content (AvgIpc) is 2.85. The van der Waals surface area contributed by atoms with Gasteiger partial charge in [0.05, 0.1) is 5.69 Å². The monoisotopic (exact) mass is 332 g/mol. The molecule has 1 heterocycles. The molecule has 1 aromatic carbocycles. The van der Waals surface area contributed by atoms with Gasteiger partial charge in [0.1, 0.15) is 11.5 Å². The highest BCUT2D eigenvalue weighted by molar-refractivity contribution is 5.91. The second-order valence-corrected chi connectivity index (χ2v) is 5.60. The zero-order valence-corrected chi connectivity index (χ0v) is 13.8. The largest absolute Gasteiger partial charge is 0.482 e. The predicted octanol–water partition coefficient (Wildman–Crippen LogP) is 2.89. The van der Waals surface area contributed by atoms with Gasteiger partial charge < -0.3 is 19.7 Å². The van der Waals surface area contributed by atoms with Gasteiger partial charge in [-0.2, -0.15) is 0 Å². The Bertz CT molecular complexity index is 702. The van der Waals surface area contributed by atoms with Crippen molar-refractivity contribution >= 4 is 17.6 Å². The number of amides is 1. The van der Waals surface area contributed by atoms with Crippen molar-refractivity contribution in [3.8, 4) is 5.75 Å². The molecule has 2 N–H and O–H groups in total. The predicted molar refractivity (Wildman–Crippen MR) is 87.2 cm³/mol. The molecule has 0 fully saturated rings. The van der Waals surface area contributed by atoms with Crippen LogP contribution in [0, 0.1) is 13.8 Å². The molecule has 0 aliphatic carbocycles. The fourth-order valence-corrected chi connectivity index (χ4v) is 2.57. The summed E-state index contributed by atoms with van der Waals surface area (Å²) in [5.41, 5.74) is 2.38. The highest BCUT2D eigenvalue weighted by Gasteiger charge is 2.19. The number of carboxylic acid groups (broad SMARTS) is 1. The maximum atomic E-state index is 12.2. The summed E-state index contributed by atoms with van der Waals surface area (Å²) in [5, 5.41) is 15.3. The smallest absolute Gasteiger partial charge is 0.341 e. The van der Waals surface area contributed by atoms with Crippen LogP contribution in [-0.4, -0.2) is 28.7 Å². The van der Waals surface area contributed by atoms with Crippen LogP contribution in [-0.2, 0) is 9.59 Å². The van der Waals surface area contributed by atoms with E-state index in [4.69, 9.17) is 14.4 Å². The van der Waals surface area contributed by atoms with Crippen molar-refractivity contribution < 1.29 is 24.0 Å². The lowest BCUT2D eigenvalue weighted by molar-refractivity contribution is -0.139. The molecule has 1 unspecified atom stereocenters.